The van der Waals surface area contributed by atoms with Crippen LogP contribution in [0.1, 0.15) is 68.9 Å². The molecule has 0 bridgehead atoms. The zero-order valence-electron chi connectivity index (χ0n) is 19.6. The topological polar surface area (TPSA) is 57.5 Å². The number of hydrogen-bond acceptors (Lipinski definition) is 3. The summed E-state index contributed by atoms with van der Waals surface area (Å²) >= 11 is 0. The summed E-state index contributed by atoms with van der Waals surface area (Å²) in [5, 5.41) is 20.7. The van der Waals surface area contributed by atoms with E-state index in [1.54, 1.807) is 18.2 Å². The summed E-state index contributed by atoms with van der Waals surface area (Å²) in [7, 11) is 0. The average Bonchev–Trinajstić information content (AvgIpc) is 3.09. The lowest BCUT2D eigenvalue weighted by Gasteiger charge is -2.59. The SMILES string of the molecule is C[C@]12CC(c3ccc(CO)cc3)[C@H]3[C@@H](CCC4=CC(=O)CC[C@@H]43)[C@@H]1CCC2(O)C(F)(F)C(F)(F)F. The Labute approximate surface area is 201 Å². The van der Waals surface area contributed by atoms with Crippen molar-refractivity contribution in [3.8, 4) is 0 Å². The summed E-state index contributed by atoms with van der Waals surface area (Å²) in [6.45, 7) is 1.28. The van der Waals surface area contributed by atoms with E-state index in [2.05, 4.69) is 0 Å². The molecule has 4 aliphatic carbocycles. The second kappa shape index (κ2) is 8.10. The van der Waals surface area contributed by atoms with Crippen molar-refractivity contribution in [2.45, 2.75) is 82.1 Å². The summed E-state index contributed by atoms with van der Waals surface area (Å²) in [5.41, 5.74) is -2.25. The van der Waals surface area contributed by atoms with Crippen molar-refractivity contribution in [1.82, 2.24) is 0 Å². The standard InChI is InChI=1S/C27H31F5O3/c1-24-13-21(16-4-2-15(14-33)3-5-16)23-19-9-7-18(34)12-17(19)6-8-20(23)22(24)10-11-25(24,35)26(28,29)27(30,31)32/h2-5,12,19-23,33,35H,6-11,13-14H2,1H3/t19-,20-,21?,22-,23+,24-,25?/m0/s1. The predicted molar refractivity (Wildman–Crippen MR) is 119 cm³/mol. The van der Waals surface area contributed by atoms with Crippen LogP contribution < -0.4 is 0 Å². The zero-order chi connectivity index (χ0) is 25.4. The van der Waals surface area contributed by atoms with Crippen LogP contribution in [0.5, 0.6) is 0 Å². The van der Waals surface area contributed by atoms with E-state index >= 15 is 0 Å². The van der Waals surface area contributed by atoms with E-state index in [4.69, 9.17) is 0 Å². The minimum Gasteiger partial charge on any atom is -0.392 e. The molecule has 0 spiro atoms. The molecule has 35 heavy (non-hydrogen) atoms. The first-order valence-electron chi connectivity index (χ1n) is 12.4. The number of aliphatic hydroxyl groups is 2. The molecule has 4 aliphatic rings. The van der Waals surface area contributed by atoms with Crippen LogP contribution in [-0.2, 0) is 11.4 Å². The summed E-state index contributed by atoms with van der Waals surface area (Å²) in [5.74, 6) is -5.98. The number of benzene rings is 1. The maximum absolute atomic E-state index is 15.0. The molecule has 192 valence electrons. The number of ketones is 1. The Hall–Kier alpha value is -1.80. The molecule has 1 aromatic rings. The normalized spacial score (nSPS) is 39.5. The zero-order valence-corrected chi connectivity index (χ0v) is 19.6. The molecule has 3 saturated carbocycles. The van der Waals surface area contributed by atoms with Crippen molar-refractivity contribution in [3.05, 3.63) is 47.0 Å². The van der Waals surface area contributed by atoms with Gasteiger partial charge in [-0.2, -0.15) is 22.0 Å². The van der Waals surface area contributed by atoms with Gasteiger partial charge in [0.05, 0.1) is 6.61 Å². The largest absolute Gasteiger partial charge is 0.456 e. The number of fused-ring (bicyclic) bond motifs is 5. The summed E-state index contributed by atoms with van der Waals surface area (Å²) in [6.07, 6.45) is -2.28. The number of hydrogen-bond donors (Lipinski definition) is 2. The van der Waals surface area contributed by atoms with Crippen LogP contribution in [0.3, 0.4) is 0 Å². The van der Waals surface area contributed by atoms with Gasteiger partial charge in [0, 0.05) is 11.8 Å². The second-order valence-electron chi connectivity index (χ2n) is 11.3. The summed E-state index contributed by atoms with van der Waals surface area (Å²) < 4.78 is 70.6. The van der Waals surface area contributed by atoms with Gasteiger partial charge in [0.2, 0.25) is 0 Å². The molecule has 0 aliphatic heterocycles. The first kappa shape index (κ1) is 24.9. The predicted octanol–water partition coefficient (Wildman–Crippen LogP) is 5.94. The number of rotatable bonds is 3. The molecule has 3 fully saturated rings. The summed E-state index contributed by atoms with van der Waals surface area (Å²) in [6, 6.07) is 7.12. The van der Waals surface area contributed by atoms with Crippen LogP contribution in [0.25, 0.3) is 0 Å². The molecular weight excluding hydrogens is 467 g/mol. The third-order valence-electron chi connectivity index (χ3n) is 9.92. The van der Waals surface area contributed by atoms with E-state index in [0.29, 0.717) is 31.2 Å². The fourth-order valence-corrected chi connectivity index (χ4v) is 8.27. The lowest BCUT2D eigenvalue weighted by atomic mass is 9.46. The van der Waals surface area contributed by atoms with Crippen LogP contribution in [0, 0.1) is 29.1 Å². The van der Waals surface area contributed by atoms with Gasteiger partial charge in [-0.25, -0.2) is 0 Å². The minimum atomic E-state index is -5.85. The number of halogens is 5. The highest BCUT2D eigenvalue weighted by Crippen LogP contribution is 2.71. The van der Waals surface area contributed by atoms with Crippen molar-refractivity contribution in [1.29, 1.82) is 0 Å². The van der Waals surface area contributed by atoms with Crippen molar-refractivity contribution in [2.24, 2.45) is 29.1 Å². The van der Waals surface area contributed by atoms with Crippen molar-refractivity contribution in [3.63, 3.8) is 0 Å². The van der Waals surface area contributed by atoms with Crippen molar-refractivity contribution in [2.75, 3.05) is 0 Å². The quantitative estimate of drug-likeness (QED) is 0.507. The fraction of sp³-hybridized carbons (Fsp3) is 0.667. The van der Waals surface area contributed by atoms with Gasteiger partial charge in [-0.3, -0.25) is 4.79 Å². The Balaban J connectivity index is 1.63. The monoisotopic (exact) mass is 498 g/mol. The Morgan fingerprint density at radius 2 is 1.69 bits per heavy atom. The van der Waals surface area contributed by atoms with Crippen molar-refractivity contribution >= 4 is 5.78 Å². The number of aliphatic hydroxyl groups excluding tert-OH is 1. The van der Waals surface area contributed by atoms with Crippen LogP contribution in [-0.4, -0.2) is 33.7 Å². The van der Waals surface area contributed by atoms with Crippen LogP contribution >= 0.6 is 0 Å². The van der Waals surface area contributed by atoms with Crippen molar-refractivity contribution < 1.29 is 37.0 Å². The molecule has 0 aromatic heterocycles. The molecule has 0 amide bonds. The Bertz CT molecular complexity index is 1030. The molecule has 5 rings (SSSR count). The van der Waals surface area contributed by atoms with Gasteiger partial charge >= 0.3 is 12.1 Å². The number of carbonyl (C=O) groups excluding carboxylic acids is 1. The molecule has 0 heterocycles. The Morgan fingerprint density at radius 3 is 2.31 bits per heavy atom. The maximum atomic E-state index is 15.0. The van der Waals surface area contributed by atoms with Gasteiger partial charge in [-0.15, -0.1) is 0 Å². The van der Waals surface area contributed by atoms with Crippen LogP contribution in [0.15, 0.2) is 35.9 Å². The molecule has 0 saturated heterocycles. The van der Waals surface area contributed by atoms with Crippen LogP contribution in [0.2, 0.25) is 0 Å². The first-order valence-corrected chi connectivity index (χ1v) is 12.4. The van der Waals surface area contributed by atoms with Crippen LogP contribution in [0.4, 0.5) is 22.0 Å². The molecular formula is C27H31F5O3. The van der Waals surface area contributed by atoms with E-state index < -0.39 is 35.5 Å². The highest BCUT2D eigenvalue weighted by atomic mass is 19.4. The Kier molecular flexibility index (Phi) is 5.76. The number of allylic oxidation sites excluding steroid dienone is 1. The van der Waals surface area contributed by atoms with E-state index in [9.17, 15) is 37.0 Å². The number of alkyl halides is 5. The van der Waals surface area contributed by atoms with Gasteiger partial charge in [-0.1, -0.05) is 36.8 Å². The highest BCUT2D eigenvalue weighted by Gasteiger charge is 2.79. The van der Waals surface area contributed by atoms with Gasteiger partial charge in [0.25, 0.3) is 0 Å². The fourth-order valence-electron chi connectivity index (χ4n) is 8.27. The summed E-state index contributed by atoms with van der Waals surface area (Å²) in [4.78, 5) is 12.1. The van der Waals surface area contributed by atoms with E-state index in [1.807, 2.05) is 12.1 Å². The van der Waals surface area contributed by atoms with E-state index in [1.165, 1.54) is 6.92 Å². The molecule has 2 unspecified atom stereocenters. The lowest BCUT2D eigenvalue weighted by molar-refractivity contribution is -0.364. The molecule has 7 atom stereocenters. The highest BCUT2D eigenvalue weighted by molar-refractivity contribution is 5.91. The lowest BCUT2D eigenvalue weighted by Crippen LogP contribution is -2.66. The van der Waals surface area contributed by atoms with Gasteiger partial charge in [0.1, 0.15) is 5.60 Å². The maximum Gasteiger partial charge on any atom is 0.456 e. The molecule has 2 N–H and O–H groups in total. The molecule has 8 heteroatoms. The second-order valence-corrected chi connectivity index (χ2v) is 11.3. The third kappa shape index (κ3) is 3.45. The minimum absolute atomic E-state index is 0.00279. The molecule has 3 nitrogen and oxygen atoms in total. The smallest absolute Gasteiger partial charge is 0.392 e. The number of carbonyl (C=O) groups is 1. The average molecular weight is 499 g/mol. The van der Waals surface area contributed by atoms with Gasteiger partial charge in [0.15, 0.2) is 5.78 Å². The van der Waals surface area contributed by atoms with Gasteiger partial charge < -0.3 is 10.2 Å². The molecule has 1 aromatic carbocycles. The van der Waals surface area contributed by atoms with E-state index in [-0.39, 0.29) is 48.9 Å². The Morgan fingerprint density at radius 1 is 1.00 bits per heavy atom. The first-order chi connectivity index (χ1) is 16.3. The van der Waals surface area contributed by atoms with E-state index in [0.717, 1.165) is 11.1 Å². The molecule has 0 radical (unpaired) electrons. The third-order valence-corrected chi connectivity index (χ3v) is 9.92. The van der Waals surface area contributed by atoms with Gasteiger partial charge in [-0.05, 0) is 85.3 Å².